The summed E-state index contributed by atoms with van der Waals surface area (Å²) in [6.45, 7) is 0. The van der Waals surface area contributed by atoms with Crippen molar-refractivity contribution in [1.82, 2.24) is 14.5 Å². The van der Waals surface area contributed by atoms with Crippen LogP contribution >= 0.6 is 11.3 Å². The lowest BCUT2D eigenvalue weighted by Crippen LogP contribution is -2.18. The number of nitrogens with two attached hydrogens (primary N) is 1. The highest BCUT2D eigenvalue weighted by Crippen LogP contribution is 2.32. The molecule has 0 saturated heterocycles. The minimum Gasteiger partial charge on any atom is -0.406 e. The Morgan fingerprint density at radius 3 is 2.54 bits per heavy atom. The standard InChI is InChI=1S/C16H9F3N4O2S/c17-16(18,19)25-9-3-1-8(2-4-9)23-7-22-12-11-10(20)5-6-21-14(11)26-13(12)15(23)24/h1-7H,(H2,20,21). The van der Waals surface area contributed by atoms with Gasteiger partial charge in [0.2, 0.25) is 0 Å². The highest BCUT2D eigenvalue weighted by molar-refractivity contribution is 7.25. The molecule has 10 heteroatoms. The van der Waals surface area contributed by atoms with Crippen LogP contribution in [0.5, 0.6) is 5.75 Å². The van der Waals surface area contributed by atoms with E-state index in [2.05, 4.69) is 14.7 Å². The molecule has 1 aromatic carbocycles. The molecule has 6 nitrogen and oxygen atoms in total. The zero-order chi connectivity index (χ0) is 18.5. The van der Waals surface area contributed by atoms with E-state index in [0.717, 1.165) is 23.5 Å². The third-order valence-electron chi connectivity index (χ3n) is 3.66. The molecule has 0 fully saturated rings. The lowest BCUT2D eigenvalue weighted by atomic mass is 10.2. The lowest BCUT2D eigenvalue weighted by Gasteiger charge is -2.10. The number of benzene rings is 1. The van der Waals surface area contributed by atoms with Gasteiger partial charge in [-0.05, 0) is 30.3 Å². The second-order valence-electron chi connectivity index (χ2n) is 5.32. The van der Waals surface area contributed by atoms with Gasteiger partial charge in [0.15, 0.2) is 0 Å². The van der Waals surface area contributed by atoms with Crippen LogP contribution in [-0.2, 0) is 0 Å². The van der Waals surface area contributed by atoms with Crippen LogP contribution in [-0.4, -0.2) is 20.9 Å². The first kappa shape index (κ1) is 16.3. The normalized spacial score (nSPS) is 12.0. The third-order valence-corrected chi connectivity index (χ3v) is 4.74. The van der Waals surface area contributed by atoms with E-state index in [1.54, 1.807) is 12.3 Å². The van der Waals surface area contributed by atoms with Gasteiger partial charge in [0.1, 0.15) is 21.6 Å². The molecule has 4 rings (SSSR count). The Bertz CT molecular complexity index is 1180. The highest BCUT2D eigenvalue weighted by Gasteiger charge is 2.31. The van der Waals surface area contributed by atoms with Crippen molar-refractivity contribution in [2.24, 2.45) is 0 Å². The van der Waals surface area contributed by atoms with Gasteiger partial charge in [0.05, 0.1) is 16.6 Å². The zero-order valence-electron chi connectivity index (χ0n) is 12.8. The number of aromatic nitrogens is 3. The smallest absolute Gasteiger partial charge is 0.406 e. The number of thiophene rings is 1. The molecule has 0 saturated carbocycles. The van der Waals surface area contributed by atoms with Crippen LogP contribution in [0.15, 0.2) is 47.7 Å². The molecule has 0 radical (unpaired) electrons. The Hall–Kier alpha value is -3.14. The minimum absolute atomic E-state index is 0.359. The van der Waals surface area contributed by atoms with Gasteiger partial charge in [-0.25, -0.2) is 9.97 Å². The fourth-order valence-electron chi connectivity index (χ4n) is 2.57. The quantitative estimate of drug-likeness (QED) is 0.577. The monoisotopic (exact) mass is 378 g/mol. The fraction of sp³-hybridized carbons (Fsp3) is 0.0625. The highest BCUT2D eigenvalue weighted by atomic mass is 32.1. The number of nitrogen functional groups attached to an aromatic ring is 1. The van der Waals surface area contributed by atoms with Crippen LogP contribution in [0.3, 0.4) is 0 Å². The number of anilines is 1. The number of rotatable bonds is 2. The molecule has 0 aliphatic rings. The molecule has 0 unspecified atom stereocenters. The van der Waals surface area contributed by atoms with Crippen LogP contribution in [0.25, 0.3) is 26.1 Å². The molecule has 4 aromatic rings. The maximum Gasteiger partial charge on any atom is 0.573 e. The number of nitrogens with zero attached hydrogens (tertiary/aromatic N) is 3. The van der Waals surface area contributed by atoms with Crippen LogP contribution in [0, 0.1) is 0 Å². The molecule has 0 spiro atoms. The average Bonchev–Trinajstić information content (AvgIpc) is 2.96. The molecular weight excluding hydrogens is 369 g/mol. The SMILES string of the molecule is Nc1ccnc2sc3c(=O)n(-c4ccc(OC(F)(F)F)cc4)cnc3c12. The van der Waals surface area contributed by atoms with Crippen LogP contribution in [0.4, 0.5) is 18.9 Å². The van der Waals surface area contributed by atoms with Crippen LogP contribution in [0.1, 0.15) is 0 Å². The molecule has 0 aliphatic carbocycles. The summed E-state index contributed by atoms with van der Waals surface area (Å²) in [7, 11) is 0. The van der Waals surface area contributed by atoms with E-state index < -0.39 is 6.36 Å². The maximum absolute atomic E-state index is 12.8. The molecule has 132 valence electrons. The zero-order valence-corrected chi connectivity index (χ0v) is 13.6. The van der Waals surface area contributed by atoms with Crippen molar-refractivity contribution < 1.29 is 17.9 Å². The van der Waals surface area contributed by atoms with Gasteiger partial charge >= 0.3 is 6.36 Å². The predicted molar refractivity (Wildman–Crippen MR) is 91.6 cm³/mol. The topological polar surface area (TPSA) is 83.0 Å². The van der Waals surface area contributed by atoms with Crippen molar-refractivity contribution in [1.29, 1.82) is 0 Å². The fourth-order valence-corrected chi connectivity index (χ4v) is 3.63. The Kier molecular flexibility index (Phi) is 3.58. The predicted octanol–water partition coefficient (Wildman–Crippen LogP) is 3.48. The minimum atomic E-state index is -4.77. The molecular formula is C16H9F3N4O2S. The van der Waals surface area contributed by atoms with Gasteiger partial charge in [-0.2, -0.15) is 0 Å². The largest absolute Gasteiger partial charge is 0.573 e. The molecule has 0 aliphatic heterocycles. The van der Waals surface area contributed by atoms with E-state index in [0.29, 0.717) is 31.8 Å². The first-order valence-electron chi connectivity index (χ1n) is 7.24. The summed E-state index contributed by atoms with van der Waals surface area (Å²) in [4.78, 5) is 21.9. The molecule has 0 atom stereocenters. The second-order valence-corrected chi connectivity index (χ2v) is 6.32. The molecule has 2 N–H and O–H groups in total. The first-order valence-corrected chi connectivity index (χ1v) is 8.06. The van der Waals surface area contributed by atoms with E-state index in [9.17, 15) is 18.0 Å². The number of hydrogen-bond donors (Lipinski definition) is 1. The molecule has 3 aromatic heterocycles. The summed E-state index contributed by atoms with van der Waals surface area (Å²) in [5.41, 5.74) is 6.87. The second kappa shape index (κ2) is 5.70. The number of halogens is 3. The van der Waals surface area contributed by atoms with Gasteiger partial charge in [-0.15, -0.1) is 24.5 Å². The third kappa shape index (κ3) is 2.73. The van der Waals surface area contributed by atoms with Gasteiger partial charge in [-0.1, -0.05) is 0 Å². The number of fused-ring (bicyclic) bond motifs is 3. The number of alkyl halides is 3. The molecule has 26 heavy (non-hydrogen) atoms. The number of pyridine rings is 1. The van der Waals surface area contributed by atoms with E-state index in [1.165, 1.54) is 23.0 Å². The van der Waals surface area contributed by atoms with Crippen LogP contribution in [0.2, 0.25) is 0 Å². The van der Waals surface area contributed by atoms with Crippen molar-refractivity contribution in [2.75, 3.05) is 5.73 Å². The van der Waals surface area contributed by atoms with Crippen molar-refractivity contribution in [3.63, 3.8) is 0 Å². The number of hydrogen-bond acceptors (Lipinski definition) is 6. The molecule has 0 amide bonds. The van der Waals surface area contributed by atoms with Gasteiger partial charge in [0, 0.05) is 11.9 Å². The van der Waals surface area contributed by atoms with Crippen LogP contribution < -0.4 is 16.0 Å². The van der Waals surface area contributed by atoms with Crippen molar-refractivity contribution in [2.45, 2.75) is 6.36 Å². The summed E-state index contributed by atoms with van der Waals surface area (Å²) in [6, 6.07) is 6.57. The Balaban J connectivity index is 1.83. The molecule has 0 bridgehead atoms. The summed E-state index contributed by atoms with van der Waals surface area (Å²) in [6.07, 6.45) is -1.92. The lowest BCUT2D eigenvalue weighted by molar-refractivity contribution is -0.274. The average molecular weight is 378 g/mol. The van der Waals surface area contributed by atoms with E-state index in [-0.39, 0.29) is 11.3 Å². The Labute approximate surface area is 147 Å². The van der Waals surface area contributed by atoms with E-state index >= 15 is 0 Å². The van der Waals surface area contributed by atoms with Crippen molar-refractivity contribution in [3.05, 3.63) is 53.2 Å². The van der Waals surface area contributed by atoms with E-state index in [1.807, 2.05) is 0 Å². The summed E-state index contributed by atoms with van der Waals surface area (Å²) in [5, 5.41) is 0.616. The van der Waals surface area contributed by atoms with Crippen molar-refractivity contribution >= 4 is 37.5 Å². The van der Waals surface area contributed by atoms with Gasteiger partial charge in [-0.3, -0.25) is 9.36 Å². The van der Waals surface area contributed by atoms with E-state index in [4.69, 9.17) is 5.73 Å². The number of ether oxygens (including phenoxy) is 1. The van der Waals surface area contributed by atoms with Gasteiger partial charge in [0.25, 0.3) is 5.56 Å². The summed E-state index contributed by atoms with van der Waals surface area (Å²) < 4.78 is 42.1. The first-order chi connectivity index (χ1) is 12.3. The van der Waals surface area contributed by atoms with Crippen molar-refractivity contribution in [3.8, 4) is 11.4 Å². The Morgan fingerprint density at radius 2 is 1.85 bits per heavy atom. The maximum atomic E-state index is 12.8. The summed E-state index contributed by atoms with van der Waals surface area (Å²) in [5.74, 6) is -0.373. The van der Waals surface area contributed by atoms with Gasteiger partial charge < -0.3 is 10.5 Å². The molecule has 3 heterocycles. The summed E-state index contributed by atoms with van der Waals surface area (Å²) >= 11 is 1.16. The Morgan fingerprint density at radius 1 is 1.12 bits per heavy atom.